The van der Waals surface area contributed by atoms with Gasteiger partial charge in [-0.2, -0.15) is 0 Å². The van der Waals surface area contributed by atoms with E-state index in [4.69, 9.17) is 0 Å². The average molecular weight is 180 g/mol. The Morgan fingerprint density at radius 2 is 2.23 bits per heavy atom. The minimum Gasteiger partial charge on any atom is -0.358 e. The summed E-state index contributed by atoms with van der Waals surface area (Å²) in [5.74, 6) is 0.872. The molecule has 0 atom stereocenters. The standard InChI is InChI=1S/C7H8N4O2/c1-4-3-10-5(2)9-7(11(12)13)6(10)8-4/h3H2,1-2H3. The largest absolute Gasteiger partial charge is 0.409 e. The molecule has 0 radical (unpaired) electrons. The first-order valence-corrected chi connectivity index (χ1v) is 3.85. The number of hydrogen-bond acceptors (Lipinski definition) is 4. The summed E-state index contributed by atoms with van der Waals surface area (Å²) in [6, 6.07) is 0. The van der Waals surface area contributed by atoms with Crippen LogP contribution in [0.1, 0.15) is 12.7 Å². The molecule has 2 rings (SSSR count). The highest BCUT2D eigenvalue weighted by atomic mass is 16.6. The molecule has 0 N–H and O–H groups in total. The van der Waals surface area contributed by atoms with Gasteiger partial charge in [-0.15, -0.1) is 0 Å². The van der Waals surface area contributed by atoms with Gasteiger partial charge in [0.25, 0.3) is 0 Å². The number of hydrogen-bond donors (Lipinski definition) is 0. The molecule has 0 aliphatic carbocycles. The minimum absolute atomic E-state index is 0.144. The molecular weight excluding hydrogens is 172 g/mol. The number of fused-ring (bicyclic) bond motifs is 1. The Morgan fingerprint density at radius 3 is 2.85 bits per heavy atom. The van der Waals surface area contributed by atoms with E-state index in [1.54, 1.807) is 11.5 Å². The molecule has 1 aliphatic rings. The zero-order valence-corrected chi connectivity index (χ0v) is 7.31. The third kappa shape index (κ3) is 1.02. The smallest absolute Gasteiger partial charge is 0.358 e. The van der Waals surface area contributed by atoms with Gasteiger partial charge in [-0.05, 0) is 16.8 Å². The molecule has 0 unspecified atom stereocenters. The van der Waals surface area contributed by atoms with Crippen LogP contribution in [0.5, 0.6) is 0 Å². The van der Waals surface area contributed by atoms with Crippen LogP contribution in [-0.2, 0) is 6.54 Å². The number of rotatable bonds is 1. The highest BCUT2D eigenvalue weighted by Crippen LogP contribution is 2.31. The van der Waals surface area contributed by atoms with Gasteiger partial charge in [0.15, 0.2) is 0 Å². The van der Waals surface area contributed by atoms with Crippen molar-refractivity contribution >= 4 is 17.3 Å². The molecular formula is C7H8N4O2. The van der Waals surface area contributed by atoms with Gasteiger partial charge < -0.3 is 10.1 Å². The van der Waals surface area contributed by atoms with Crippen LogP contribution < -0.4 is 0 Å². The third-order valence-electron chi connectivity index (χ3n) is 1.97. The molecule has 2 heterocycles. The van der Waals surface area contributed by atoms with Gasteiger partial charge in [-0.25, -0.2) is 4.99 Å². The number of aromatic nitrogens is 2. The van der Waals surface area contributed by atoms with Crippen molar-refractivity contribution in [3.05, 3.63) is 15.9 Å². The van der Waals surface area contributed by atoms with Crippen LogP contribution >= 0.6 is 0 Å². The highest BCUT2D eigenvalue weighted by molar-refractivity contribution is 5.88. The van der Waals surface area contributed by atoms with Gasteiger partial charge in [-0.3, -0.25) is 4.57 Å². The lowest BCUT2D eigenvalue weighted by atomic mass is 10.4. The molecule has 0 amide bonds. The van der Waals surface area contributed by atoms with Crippen molar-refractivity contribution in [1.82, 2.24) is 9.55 Å². The number of nitro groups is 1. The maximum Gasteiger partial charge on any atom is 0.409 e. The normalized spacial score (nSPS) is 14.2. The van der Waals surface area contributed by atoms with Gasteiger partial charge in [0, 0.05) is 12.6 Å². The summed E-state index contributed by atoms with van der Waals surface area (Å²) >= 11 is 0. The number of aryl methyl sites for hydroxylation is 1. The van der Waals surface area contributed by atoms with E-state index in [-0.39, 0.29) is 5.82 Å². The summed E-state index contributed by atoms with van der Waals surface area (Å²) < 4.78 is 1.74. The van der Waals surface area contributed by atoms with E-state index in [1.165, 1.54) is 0 Å². The van der Waals surface area contributed by atoms with Crippen LogP contribution in [0.4, 0.5) is 11.6 Å². The molecule has 0 fully saturated rings. The topological polar surface area (TPSA) is 73.3 Å². The van der Waals surface area contributed by atoms with Crippen molar-refractivity contribution in [2.24, 2.45) is 4.99 Å². The molecule has 0 saturated carbocycles. The Bertz CT molecular complexity index is 418. The van der Waals surface area contributed by atoms with Crippen molar-refractivity contribution in [1.29, 1.82) is 0 Å². The van der Waals surface area contributed by atoms with E-state index in [1.807, 2.05) is 6.92 Å². The lowest BCUT2D eigenvalue weighted by Crippen LogP contribution is -2.00. The summed E-state index contributed by atoms with van der Waals surface area (Å²) in [6.07, 6.45) is 0. The lowest BCUT2D eigenvalue weighted by Gasteiger charge is -1.92. The zero-order chi connectivity index (χ0) is 9.59. The summed E-state index contributed by atoms with van der Waals surface area (Å²) in [5, 5.41) is 10.5. The Labute approximate surface area is 74.1 Å². The molecule has 1 aromatic rings. The molecule has 13 heavy (non-hydrogen) atoms. The second-order valence-corrected chi connectivity index (χ2v) is 3.00. The van der Waals surface area contributed by atoms with Gasteiger partial charge in [0.1, 0.15) is 0 Å². The Balaban J connectivity index is 2.62. The van der Waals surface area contributed by atoms with Crippen molar-refractivity contribution in [3.63, 3.8) is 0 Å². The van der Waals surface area contributed by atoms with Gasteiger partial charge >= 0.3 is 5.82 Å². The minimum atomic E-state index is -0.499. The van der Waals surface area contributed by atoms with Crippen molar-refractivity contribution in [2.75, 3.05) is 0 Å². The maximum atomic E-state index is 10.5. The first-order valence-electron chi connectivity index (χ1n) is 3.85. The maximum absolute atomic E-state index is 10.5. The van der Waals surface area contributed by atoms with Gasteiger partial charge in [0.2, 0.25) is 11.6 Å². The van der Waals surface area contributed by atoms with E-state index < -0.39 is 4.92 Å². The first kappa shape index (κ1) is 7.90. The summed E-state index contributed by atoms with van der Waals surface area (Å²) in [7, 11) is 0. The average Bonchev–Trinajstić information content (AvgIpc) is 2.51. The molecule has 0 spiro atoms. The van der Waals surface area contributed by atoms with E-state index in [0.29, 0.717) is 18.2 Å². The molecule has 6 heteroatoms. The Hall–Kier alpha value is -1.72. The second-order valence-electron chi connectivity index (χ2n) is 3.00. The molecule has 1 aliphatic heterocycles. The number of aliphatic imine (C=N–C) groups is 1. The monoisotopic (exact) mass is 180 g/mol. The van der Waals surface area contributed by atoms with Crippen molar-refractivity contribution in [3.8, 4) is 0 Å². The van der Waals surface area contributed by atoms with Crippen LogP contribution in [0.25, 0.3) is 0 Å². The molecule has 1 aromatic heterocycles. The molecule has 0 bridgehead atoms. The zero-order valence-electron chi connectivity index (χ0n) is 7.31. The van der Waals surface area contributed by atoms with E-state index in [0.717, 1.165) is 5.71 Å². The Morgan fingerprint density at radius 1 is 1.54 bits per heavy atom. The predicted molar refractivity (Wildman–Crippen MR) is 46.4 cm³/mol. The SMILES string of the molecule is CC1=Nc2c([N+](=O)[O-])nc(C)n2C1. The quantitative estimate of drug-likeness (QED) is 0.481. The fourth-order valence-corrected chi connectivity index (χ4v) is 1.40. The second kappa shape index (κ2) is 2.38. The third-order valence-corrected chi connectivity index (χ3v) is 1.97. The van der Waals surface area contributed by atoms with E-state index in [9.17, 15) is 10.1 Å². The van der Waals surface area contributed by atoms with Crippen molar-refractivity contribution in [2.45, 2.75) is 20.4 Å². The molecule has 0 saturated heterocycles. The summed E-state index contributed by atoms with van der Waals surface area (Å²) in [5.41, 5.74) is 0.878. The van der Waals surface area contributed by atoms with Gasteiger partial charge in [-0.1, -0.05) is 0 Å². The summed E-state index contributed by atoms with van der Waals surface area (Å²) in [4.78, 5) is 17.9. The molecule has 0 aromatic carbocycles. The van der Waals surface area contributed by atoms with E-state index >= 15 is 0 Å². The fraction of sp³-hybridized carbons (Fsp3) is 0.429. The Kier molecular flexibility index (Phi) is 1.45. The van der Waals surface area contributed by atoms with Gasteiger partial charge in [0.05, 0.1) is 6.54 Å². The van der Waals surface area contributed by atoms with Crippen LogP contribution in [0, 0.1) is 17.0 Å². The summed E-state index contributed by atoms with van der Waals surface area (Å²) in [6.45, 7) is 4.20. The van der Waals surface area contributed by atoms with Crippen LogP contribution in [0.2, 0.25) is 0 Å². The van der Waals surface area contributed by atoms with Crippen LogP contribution in [-0.4, -0.2) is 20.2 Å². The molecule has 6 nitrogen and oxygen atoms in total. The van der Waals surface area contributed by atoms with E-state index in [2.05, 4.69) is 9.98 Å². The molecule has 68 valence electrons. The predicted octanol–water partition coefficient (Wildman–Crippen LogP) is 1.21. The van der Waals surface area contributed by atoms with Crippen LogP contribution in [0.15, 0.2) is 4.99 Å². The fourth-order valence-electron chi connectivity index (χ4n) is 1.40. The van der Waals surface area contributed by atoms with Crippen molar-refractivity contribution < 1.29 is 4.92 Å². The number of imidazole rings is 1. The first-order chi connectivity index (χ1) is 6.09. The number of nitrogens with zero attached hydrogens (tertiary/aromatic N) is 4. The van der Waals surface area contributed by atoms with Crippen LogP contribution in [0.3, 0.4) is 0 Å². The lowest BCUT2D eigenvalue weighted by molar-refractivity contribution is -0.388. The highest BCUT2D eigenvalue weighted by Gasteiger charge is 2.28.